The number of rotatable bonds is 6. The lowest BCUT2D eigenvalue weighted by atomic mass is 10.2. The van der Waals surface area contributed by atoms with Crippen molar-refractivity contribution in [2.45, 2.75) is 31.4 Å². The fraction of sp³-hybridized carbons (Fsp3) is 0.368. The summed E-state index contributed by atoms with van der Waals surface area (Å²) in [5.41, 5.74) is 0.563. The van der Waals surface area contributed by atoms with Crippen LogP contribution in [0.3, 0.4) is 0 Å². The molecule has 0 radical (unpaired) electrons. The van der Waals surface area contributed by atoms with Crippen LogP contribution in [-0.4, -0.2) is 36.2 Å². The molecule has 0 unspecified atom stereocenters. The van der Waals surface area contributed by atoms with Gasteiger partial charge in [0.15, 0.2) is 11.5 Å². The number of fused-ring (bicyclic) bond motifs is 1. The highest BCUT2D eigenvalue weighted by Crippen LogP contribution is 2.31. The van der Waals surface area contributed by atoms with Crippen molar-refractivity contribution in [1.82, 2.24) is 10.3 Å². The van der Waals surface area contributed by atoms with E-state index < -0.39 is 0 Å². The van der Waals surface area contributed by atoms with E-state index >= 15 is 0 Å². The van der Waals surface area contributed by atoms with Gasteiger partial charge in [0.1, 0.15) is 18.5 Å². The molecular weight excluding hydrogens is 318 g/mol. The number of nitrogens with one attached hydrogen (secondary N) is 2. The molecule has 1 aliphatic carbocycles. The van der Waals surface area contributed by atoms with E-state index in [0.717, 1.165) is 17.3 Å². The summed E-state index contributed by atoms with van der Waals surface area (Å²) in [6.45, 7) is 1.02. The molecule has 1 atom stereocenters. The number of hydrogen-bond acceptors (Lipinski definition) is 5. The average molecular weight is 339 g/mol. The number of nitrogens with zero attached hydrogens (tertiary/aromatic N) is 1. The van der Waals surface area contributed by atoms with Gasteiger partial charge in [-0.05, 0) is 37.1 Å². The molecule has 130 valence electrons. The Morgan fingerprint density at radius 3 is 2.76 bits per heavy atom. The van der Waals surface area contributed by atoms with E-state index in [1.807, 2.05) is 30.3 Å². The van der Waals surface area contributed by atoms with Gasteiger partial charge in [0.2, 0.25) is 0 Å². The number of ether oxygens (including phenoxy) is 2. The van der Waals surface area contributed by atoms with E-state index in [0.29, 0.717) is 31.2 Å². The third-order valence-corrected chi connectivity index (χ3v) is 4.27. The molecule has 0 spiro atoms. The third-order valence-electron chi connectivity index (χ3n) is 4.27. The largest absolute Gasteiger partial charge is 0.486 e. The van der Waals surface area contributed by atoms with Crippen LogP contribution in [-0.2, 0) is 0 Å². The second-order valence-corrected chi connectivity index (χ2v) is 6.39. The molecule has 0 bridgehead atoms. The number of pyridine rings is 1. The topological polar surface area (TPSA) is 72.5 Å². The van der Waals surface area contributed by atoms with E-state index in [4.69, 9.17) is 9.47 Å². The minimum absolute atomic E-state index is 0.0570. The predicted molar refractivity (Wildman–Crippen MR) is 94.2 cm³/mol. The normalized spacial score (nSPS) is 18.5. The first kappa shape index (κ1) is 15.7. The van der Waals surface area contributed by atoms with Gasteiger partial charge >= 0.3 is 0 Å². The lowest BCUT2D eigenvalue weighted by Crippen LogP contribution is -2.34. The van der Waals surface area contributed by atoms with E-state index in [-0.39, 0.29) is 12.0 Å². The lowest BCUT2D eigenvalue weighted by molar-refractivity contribution is 0.0812. The Morgan fingerprint density at radius 1 is 1.16 bits per heavy atom. The Bertz CT molecular complexity index is 744. The van der Waals surface area contributed by atoms with E-state index in [9.17, 15) is 4.79 Å². The van der Waals surface area contributed by atoms with Crippen molar-refractivity contribution in [1.29, 1.82) is 0 Å². The number of amides is 1. The molecule has 0 saturated heterocycles. The average Bonchev–Trinajstić information content (AvgIpc) is 3.46. The van der Waals surface area contributed by atoms with Gasteiger partial charge in [0.05, 0.1) is 5.56 Å². The Hall–Kier alpha value is -2.76. The van der Waals surface area contributed by atoms with E-state index in [2.05, 4.69) is 15.6 Å². The Kier molecular flexibility index (Phi) is 4.41. The zero-order valence-electron chi connectivity index (χ0n) is 13.9. The van der Waals surface area contributed by atoms with E-state index in [1.54, 1.807) is 12.3 Å². The maximum absolute atomic E-state index is 12.2. The molecule has 2 N–H and O–H groups in total. The summed E-state index contributed by atoms with van der Waals surface area (Å²) in [4.78, 5) is 16.5. The summed E-state index contributed by atoms with van der Waals surface area (Å²) >= 11 is 0. The number of para-hydroxylation sites is 2. The second-order valence-electron chi connectivity index (χ2n) is 6.39. The molecule has 6 nitrogen and oxygen atoms in total. The first-order valence-electron chi connectivity index (χ1n) is 8.67. The highest BCUT2D eigenvalue weighted by molar-refractivity contribution is 5.94. The molecule has 2 heterocycles. The maximum Gasteiger partial charge on any atom is 0.252 e. The number of hydrogen-bond donors (Lipinski definition) is 2. The predicted octanol–water partition coefficient (Wildman–Crippen LogP) is 2.62. The zero-order valence-corrected chi connectivity index (χ0v) is 13.9. The molecule has 2 aromatic rings. The minimum atomic E-state index is -0.123. The summed E-state index contributed by atoms with van der Waals surface area (Å²) in [6.07, 6.45) is 4.63. The molecule has 4 rings (SSSR count). The van der Waals surface area contributed by atoms with Gasteiger partial charge < -0.3 is 20.1 Å². The summed E-state index contributed by atoms with van der Waals surface area (Å²) in [5, 5.41) is 6.21. The van der Waals surface area contributed by atoms with Gasteiger partial charge in [-0.2, -0.15) is 0 Å². The van der Waals surface area contributed by atoms with Crippen LogP contribution >= 0.6 is 0 Å². The fourth-order valence-corrected chi connectivity index (χ4v) is 2.70. The van der Waals surface area contributed by atoms with Gasteiger partial charge in [-0.25, -0.2) is 4.98 Å². The number of anilines is 1. The summed E-state index contributed by atoms with van der Waals surface area (Å²) in [7, 11) is 0. The van der Waals surface area contributed by atoms with Gasteiger partial charge in [0, 0.05) is 25.2 Å². The van der Waals surface area contributed by atoms with Crippen molar-refractivity contribution < 1.29 is 14.3 Å². The highest BCUT2D eigenvalue weighted by atomic mass is 16.6. The molecular formula is C19H21N3O3. The molecule has 2 aliphatic rings. The van der Waals surface area contributed by atoms with Gasteiger partial charge in [-0.3, -0.25) is 4.79 Å². The lowest BCUT2D eigenvalue weighted by Gasteiger charge is -2.26. The zero-order chi connectivity index (χ0) is 17.1. The third kappa shape index (κ3) is 4.02. The van der Waals surface area contributed by atoms with Crippen molar-refractivity contribution in [3.05, 3.63) is 48.2 Å². The molecule has 1 amide bonds. The SMILES string of the molecule is O=C(NCC[C@@H]1COc2ccccc2O1)c1ccc(NC2CC2)nc1. The van der Waals surface area contributed by atoms with E-state index in [1.165, 1.54) is 12.8 Å². The minimum Gasteiger partial charge on any atom is -0.486 e. The van der Waals surface area contributed by atoms with Gasteiger partial charge in [-0.1, -0.05) is 12.1 Å². The monoisotopic (exact) mass is 339 g/mol. The molecule has 1 aliphatic heterocycles. The van der Waals surface area contributed by atoms with Gasteiger partial charge in [0.25, 0.3) is 5.91 Å². The van der Waals surface area contributed by atoms with Crippen LogP contribution in [0.2, 0.25) is 0 Å². The van der Waals surface area contributed by atoms with Crippen LogP contribution in [0.25, 0.3) is 0 Å². The van der Waals surface area contributed by atoms with Crippen LogP contribution in [0.15, 0.2) is 42.6 Å². The van der Waals surface area contributed by atoms with Gasteiger partial charge in [-0.15, -0.1) is 0 Å². The molecule has 1 aromatic carbocycles. The molecule has 1 fully saturated rings. The van der Waals surface area contributed by atoms with Crippen LogP contribution in [0, 0.1) is 0 Å². The summed E-state index contributed by atoms with van der Waals surface area (Å²) in [6, 6.07) is 11.8. The smallest absolute Gasteiger partial charge is 0.252 e. The Morgan fingerprint density at radius 2 is 2.00 bits per heavy atom. The first-order valence-corrected chi connectivity index (χ1v) is 8.67. The summed E-state index contributed by atoms with van der Waals surface area (Å²) in [5.74, 6) is 2.23. The van der Waals surface area contributed by atoms with Crippen molar-refractivity contribution in [3.8, 4) is 11.5 Å². The number of aromatic nitrogens is 1. The maximum atomic E-state index is 12.2. The quantitative estimate of drug-likeness (QED) is 0.846. The van der Waals surface area contributed by atoms with Crippen LogP contribution < -0.4 is 20.1 Å². The highest BCUT2D eigenvalue weighted by Gasteiger charge is 2.22. The fourth-order valence-electron chi connectivity index (χ4n) is 2.70. The van der Waals surface area contributed by atoms with Crippen LogP contribution in [0.5, 0.6) is 11.5 Å². The number of carbonyl (C=O) groups excluding carboxylic acids is 1. The van der Waals surface area contributed by atoms with Crippen molar-refractivity contribution >= 4 is 11.7 Å². The Labute approximate surface area is 146 Å². The van der Waals surface area contributed by atoms with Crippen molar-refractivity contribution in [2.75, 3.05) is 18.5 Å². The molecule has 25 heavy (non-hydrogen) atoms. The first-order chi connectivity index (χ1) is 12.3. The van der Waals surface area contributed by atoms with Crippen molar-refractivity contribution in [3.63, 3.8) is 0 Å². The molecule has 1 saturated carbocycles. The van der Waals surface area contributed by atoms with Crippen LogP contribution in [0.4, 0.5) is 5.82 Å². The number of benzene rings is 1. The number of carbonyl (C=O) groups is 1. The standard InChI is InChI=1S/C19H21N3O3/c23-19(13-5-8-18(21-11-13)22-14-6-7-14)20-10-9-15-12-24-16-3-1-2-4-17(16)25-15/h1-5,8,11,14-15H,6-7,9-10,12H2,(H,20,23)(H,21,22)/t15-/m1/s1. The second kappa shape index (κ2) is 7.01. The molecule has 1 aromatic heterocycles. The summed E-state index contributed by atoms with van der Waals surface area (Å²) < 4.78 is 11.6. The Balaban J connectivity index is 1.23. The van der Waals surface area contributed by atoms with Crippen LogP contribution in [0.1, 0.15) is 29.6 Å². The van der Waals surface area contributed by atoms with Crippen molar-refractivity contribution in [2.24, 2.45) is 0 Å². The molecule has 6 heteroatoms.